The molecule has 1 heterocycles. The maximum Gasteiger partial charge on any atom is 0.205 e. The molecule has 0 saturated heterocycles. The first-order chi connectivity index (χ1) is 18.1. The molecule has 2 N–H and O–H groups in total. The number of thiocarbonyl (C=S) groups is 1. The molecule has 0 bridgehead atoms. The minimum absolute atomic E-state index is 0.0226. The molecule has 5 rings (SSSR count). The first-order valence-electron chi connectivity index (χ1n) is 12.9. The summed E-state index contributed by atoms with van der Waals surface area (Å²) in [7, 11) is 0. The highest BCUT2D eigenvalue weighted by Gasteiger charge is 2.43. The number of carbonyl (C=O) groups excluding carboxylic acids is 1. The second-order valence-electron chi connectivity index (χ2n) is 9.65. The van der Waals surface area contributed by atoms with E-state index in [2.05, 4.69) is 47.9 Å². The van der Waals surface area contributed by atoms with Gasteiger partial charge in [-0.05, 0) is 54.1 Å². The van der Waals surface area contributed by atoms with Gasteiger partial charge in [-0.25, -0.2) is 4.98 Å². The Morgan fingerprint density at radius 1 is 0.973 bits per heavy atom. The highest BCUT2D eigenvalue weighted by molar-refractivity contribution is 7.80. The van der Waals surface area contributed by atoms with Crippen LogP contribution in [0, 0.1) is 5.92 Å². The molecule has 1 saturated carbocycles. The molecule has 3 aromatic carbocycles. The minimum atomic E-state index is -0.712. The van der Waals surface area contributed by atoms with Crippen LogP contribution < -0.4 is 5.73 Å². The third kappa shape index (κ3) is 4.69. The van der Waals surface area contributed by atoms with E-state index in [9.17, 15) is 4.79 Å². The van der Waals surface area contributed by atoms with Gasteiger partial charge in [0.1, 0.15) is 11.2 Å². The van der Waals surface area contributed by atoms with Gasteiger partial charge in [0.05, 0.1) is 12.4 Å². The molecule has 1 aliphatic carbocycles. The van der Waals surface area contributed by atoms with Gasteiger partial charge in [0.2, 0.25) is 5.78 Å². The number of aromatic nitrogens is 2. The first-order valence-corrected chi connectivity index (χ1v) is 13.3. The molecule has 5 nitrogen and oxygen atoms in total. The number of benzene rings is 3. The van der Waals surface area contributed by atoms with Crippen LogP contribution in [-0.2, 0) is 5.54 Å². The Kier molecular flexibility index (Phi) is 7.19. The number of nitrogens with zero attached hydrogens (tertiary/aromatic N) is 3. The van der Waals surface area contributed by atoms with Gasteiger partial charge in [0, 0.05) is 12.7 Å². The number of imidazole rings is 1. The number of Topliss-reactive ketones (excluding diaryl/α,β-unsaturated/α-hetero) is 1. The summed E-state index contributed by atoms with van der Waals surface area (Å²) in [5, 5.41) is 0.277. The Balaban J connectivity index is 1.67. The van der Waals surface area contributed by atoms with Gasteiger partial charge < -0.3 is 15.2 Å². The molecule has 188 valence electrons. The van der Waals surface area contributed by atoms with Crippen LogP contribution >= 0.6 is 12.2 Å². The predicted molar refractivity (Wildman–Crippen MR) is 151 cm³/mol. The summed E-state index contributed by atoms with van der Waals surface area (Å²) in [5.74, 6) is 0.235. The number of hydrogen-bond acceptors (Lipinski definition) is 3. The molecule has 1 aromatic heterocycles. The lowest BCUT2D eigenvalue weighted by Gasteiger charge is -2.37. The molecular formula is C31H32N4OS. The Bertz CT molecular complexity index is 1250. The Morgan fingerprint density at radius 2 is 1.46 bits per heavy atom. The molecule has 0 aliphatic heterocycles. The lowest BCUT2D eigenvalue weighted by molar-refractivity contribution is 0.0863. The predicted octanol–water partition coefficient (Wildman–Crippen LogP) is 5.64. The molecule has 0 amide bonds. The van der Waals surface area contributed by atoms with Crippen molar-refractivity contribution in [2.75, 3.05) is 6.54 Å². The second-order valence-corrected chi connectivity index (χ2v) is 10.1. The molecule has 37 heavy (non-hydrogen) atoms. The van der Waals surface area contributed by atoms with E-state index in [4.69, 9.17) is 22.9 Å². The van der Waals surface area contributed by atoms with E-state index in [1.807, 2.05) is 65.7 Å². The van der Waals surface area contributed by atoms with Gasteiger partial charge in [-0.1, -0.05) is 97.9 Å². The highest BCUT2D eigenvalue weighted by Crippen LogP contribution is 2.41. The first kappa shape index (κ1) is 24.9. The average Bonchev–Trinajstić information content (AvgIpc) is 3.65. The van der Waals surface area contributed by atoms with Crippen molar-refractivity contribution < 1.29 is 4.79 Å². The topological polar surface area (TPSA) is 64.2 Å². The molecule has 0 radical (unpaired) electrons. The number of hydrogen-bond donors (Lipinski definition) is 1. The zero-order valence-corrected chi connectivity index (χ0v) is 21.9. The summed E-state index contributed by atoms with van der Waals surface area (Å²) >= 11 is 5.36. The van der Waals surface area contributed by atoms with Crippen LogP contribution in [0.15, 0.2) is 104 Å². The van der Waals surface area contributed by atoms with Crippen LogP contribution in [0.2, 0.25) is 0 Å². The van der Waals surface area contributed by atoms with Crippen LogP contribution in [0.3, 0.4) is 0 Å². The summed E-state index contributed by atoms with van der Waals surface area (Å²) < 4.78 is 2.08. The Hall–Kier alpha value is -3.77. The zero-order chi connectivity index (χ0) is 25.8. The van der Waals surface area contributed by atoms with E-state index in [1.165, 1.54) is 0 Å². The van der Waals surface area contributed by atoms with E-state index in [0.29, 0.717) is 12.2 Å². The van der Waals surface area contributed by atoms with Crippen molar-refractivity contribution >= 4 is 23.1 Å². The van der Waals surface area contributed by atoms with Gasteiger partial charge in [-0.2, -0.15) is 0 Å². The van der Waals surface area contributed by atoms with Gasteiger partial charge in [-0.3, -0.25) is 4.79 Å². The van der Waals surface area contributed by atoms with Crippen LogP contribution in [0.1, 0.15) is 53.4 Å². The van der Waals surface area contributed by atoms with E-state index >= 15 is 0 Å². The van der Waals surface area contributed by atoms with E-state index < -0.39 is 5.54 Å². The van der Waals surface area contributed by atoms with Crippen LogP contribution in [0.4, 0.5) is 0 Å². The summed E-state index contributed by atoms with van der Waals surface area (Å²) in [5.41, 5.74) is 9.05. The monoisotopic (exact) mass is 508 g/mol. The molecular weight excluding hydrogens is 476 g/mol. The van der Waals surface area contributed by atoms with Crippen molar-refractivity contribution in [3.63, 3.8) is 0 Å². The van der Waals surface area contributed by atoms with E-state index in [-0.39, 0.29) is 22.9 Å². The third-order valence-corrected chi connectivity index (χ3v) is 7.45. The fourth-order valence-corrected chi connectivity index (χ4v) is 5.62. The van der Waals surface area contributed by atoms with Crippen LogP contribution in [0.25, 0.3) is 0 Å². The van der Waals surface area contributed by atoms with E-state index in [0.717, 1.165) is 36.0 Å². The minimum Gasteiger partial charge on any atom is -0.376 e. The fourth-order valence-electron chi connectivity index (χ4n) is 5.42. The molecule has 1 aliphatic rings. The van der Waals surface area contributed by atoms with Crippen molar-refractivity contribution in [3.8, 4) is 0 Å². The number of nitrogens with two attached hydrogens (primary N) is 1. The summed E-state index contributed by atoms with van der Waals surface area (Å²) in [6, 6.07) is 30.7. The highest BCUT2D eigenvalue weighted by atomic mass is 32.1. The van der Waals surface area contributed by atoms with Crippen LogP contribution in [-0.4, -0.2) is 37.9 Å². The lowest BCUT2D eigenvalue weighted by Crippen LogP contribution is -2.49. The lowest BCUT2D eigenvalue weighted by atomic mass is 9.77. The van der Waals surface area contributed by atoms with Crippen molar-refractivity contribution in [2.24, 2.45) is 11.7 Å². The molecule has 1 unspecified atom stereocenters. The molecule has 1 atom stereocenters. The summed E-state index contributed by atoms with van der Waals surface area (Å²) in [4.78, 5) is 20.6. The Labute approximate surface area is 224 Å². The van der Waals surface area contributed by atoms with Crippen molar-refractivity contribution in [3.05, 3.63) is 126 Å². The van der Waals surface area contributed by atoms with Crippen LogP contribution in [0.5, 0.6) is 0 Å². The quantitative estimate of drug-likeness (QED) is 0.171. The summed E-state index contributed by atoms with van der Waals surface area (Å²) in [6.07, 6.45) is 6.55. The number of rotatable bonds is 10. The molecule has 6 heteroatoms. The van der Waals surface area contributed by atoms with Gasteiger partial charge >= 0.3 is 0 Å². The maximum atomic E-state index is 14.0. The van der Waals surface area contributed by atoms with E-state index in [1.54, 1.807) is 6.33 Å². The van der Waals surface area contributed by atoms with Crippen molar-refractivity contribution in [1.29, 1.82) is 0 Å². The maximum absolute atomic E-state index is 14.0. The molecule has 4 aromatic rings. The smallest absolute Gasteiger partial charge is 0.205 e. The standard InChI is InChI=1S/C31H32N4OS/c1-2-20-35(30(32)37)28(23-18-19-23)29(36)27-21-34(22-33-27)31(24-12-6-3-7-13-24,25-14-8-4-9-15-25)26-16-10-5-11-17-26/h3-17,21-23,28H,2,18-20H2,1H3,(H2,32,37). The Morgan fingerprint density at radius 3 is 1.86 bits per heavy atom. The number of ketones is 1. The largest absolute Gasteiger partial charge is 0.376 e. The SMILES string of the molecule is CCCN(C(N)=S)C(C(=O)c1cn(C(c2ccccc2)(c2ccccc2)c2ccccc2)cn1)C1CC1. The van der Waals surface area contributed by atoms with Gasteiger partial charge in [0.15, 0.2) is 5.11 Å². The molecule has 1 fully saturated rings. The summed E-state index contributed by atoms with van der Waals surface area (Å²) in [6.45, 7) is 2.73. The van der Waals surface area contributed by atoms with Gasteiger partial charge in [-0.15, -0.1) is 0 Å². The fraction of sp³-hybridized carbons (Fsp3) is 0.258. The van der Waals surface area contributed by atoms with Crippen molar-refractivity contribution in [2.45, 2.75) is 37.8 Å². The average molecular weight is 509 g/mol. The number of carbonyl (C=O) groups is 1. The van der Waals surface area contributed by atoms with Gasteiger partial charge in [0.25, 0.3) is 0 Å². The third-order valence-electron chi connectivity index (χ3n) is 7.22. The molecule has 0 spiro atoms. The second kappa shape index (κ2) is 10.7. The normalized spacial score (nSPS) is 14.2. The van der Waals surface area contributed by atoms with Crippen molar-refractivity contribution in [1.82, 2.24) is 14.5 Å². The zero-order valence-electron chi connectivity index (χ0n) is 21.0.